The highest BCUT2D eigenvalue weighted by atomic mass is 14.2. The van der Waals surface area contributed by atoms with Gasteiger partial charge in [-0.3, -0.25) is 0 Å². The second-order valence-electron chi connectivity index (χ2n) is 10.8. The van der Waals surface area contributed by atoms with Gasteiger partial charge in [-0.1, -0.05) is 158 Å². The third-order valence-corrected chi connectivity index (χ3v) is 8.06. The smallest absolute Gasteiger partial charge is 0.0622 e. The van der Waals surface area contributed by atoms with Crippen LogP contribution in [0.15, 0.2) is 182 Å². The summed E-state index contributed by atoms with van der Waals surface area (Å²) in [6.45, 7) is 0. The summed E-state index contributed by atoms with van der Waals surface area (Å²) in [5.41, 5.74) is 6.70. The van der Waals surface area contributed by atoms with Gasteiger partial charge in [-0.2, -0.15) is 0 Å². The summed E-state index contributed by atoms with van der Waals surface area (Å²) in [5.74, 6) is 0. The van der Waals surface area contributed by atoms with E-state index < -0.39 is 0 Å². The molecule has 8 rings (SSSR count). The van der Waals surface area contributed by atoms with Gasteiger partial charge in [-0.25, -0.2) is 0 Å². The molecule has 0 heteroatoms. The molecule has 8 aromatic carbocycles. The zero-order chi connectivity index (χ0) is 35.4. The molecule has 0 aliphatic heterocycles. The Balaban J connectivity index is 1.67. The summed E-state index contributed by atoms with van der Waals surface area (Å²) in [4.78, 5) is 0. The minimum atomic E-state index is -0.386. The van der Waals surface area contributed by atoms with Gasteiger partial charge in [0.25, 0.3) is 0 Å². The van der Waals surface area contributed by atoms with Gasteiger partial charge in [-0.05, 0) is 101 Å². The van der Waals surface area contributed by atoms with Crippen LogP contribution < -0.4 is 0 Å². The summed E-state index contributed by atoms with van der Waals surface area (Å²) < 4.78 is 65.2. The van der Waals surface area contributed by atoms with Crippen molar-refractivity contribution < 1.29 is 9.60 Å². The Hall–Kier alpha value is -5.72. The zero-order valence-corrected chi connectivity index (χ0v) is 23.8. The van der Waals surface area contributed by atoms with Crippen molar-refractivity contribution in [2.75, 3.05) is 0 Å². The normalized spacial score (nSPS) is 13.4. The third-order valence-electron chi connectivity index (χ3n) is 8.06. The van der Waals surface area contributed by atoms with Gasteiger partial charge in [-0.15, -0.1) is 0 Å². The van der Waals surface area contributed by atoms with Crippen LogP contribution in [0.5, 0.6) is 0 Å². The monoisotopic (exact) mass is 565 g/mol. The first kappa shape index (κ1) is 19.5. The summed E-state index contributed by atoms with van der Waals surface area (Å²) in [6, 6.07) is 42.9. The van der Waals surface area contributed by atoms with Gasteiger partial charge < -0.3 is 0 Å². The molecule has 8 aromatic rings. The first-order chi connectivity index (χ1) is 24.8. The maximum Gasteiger partial charge on any atom is 0.0636 e. The van der Waals surface area contributed by atoms with Crippen LogP contribution in [0, 0.1) is 0 Å². The minimum absolute atomic E-state index is 0.0186. The predicted octanol–water partition coefficient (Wildman–Crippen LogP) is 12.3. The molecule has 0 radical (unpaired) electrons. The molecule has 206 valence electrons. The van der Waals surface area contributed by atoms with E-state index >= 15 is 0 Å². The van der Waals surface area contributed by atoms with Crippen molar-refractivity contribution in [3.8, 4) is 55.6 Å². The number of benzene rings is 8. The zero-order valence-electron chi connectivity index (χ0n) is 30.8. The highest BCUT2D eigenvalue weighted by molar-refractivity contribution is 6.22. The lowest BCUT2D eigenvalue weighted by Crippen LogP contribution is -1.93. The quantitative estimate of drug-likeness (QED) is 0.182. The van der Waals surface area contributed by atoms with Crippen molar-refractivity contribution in [1.29, 1.82) is 0 Å². The van der Waals surface area contributed by atoms with Crippen molar-refractivity contribution in [2.24, 2.45) is 0 Å². The lowest BCUT2D eigenvalue weighted by molar-refractivity contribution is 1.58. The summed E-state index contributed by atoms with van der Waals surface area (Å²) in [7, 11) is 0. The third kappa shape index (κ3) is 4.68. The van der Waals surface area contributed by atoms with Crippen LogP contribution in [0.2, 0.25) is 0 Å². The first-order valence-electron chi connectivity index (χ1n) is 18.1. The van der Waals surface area contributed by atoms with Crippen molar-refractivity contribution in [1.82, 2.24) is 0 Å². The molecule has 0 nitrogen and oxygen atoms in total. The lowest BCUT2D eigenvalue weighted by Gasteiger charge is -2.20. The minimum Gasteiger partial charge on any atom is -0.0622 e. The standard InChI is InChI=1S/C44H30/c1-5-15-31(16-6-1)35-25-26-41-42(30-35)44(40-24-14-13-23-39(40)43(41)34-21-11-4-12-22-34)38-28-36(32-17-7-2-8-18-32)27-37(29-38)33-19-9-3-10-20-33/h1-30H/i13D,14D,23D,24D,25D,26D,30D. The number of rotatable bonds is 5. The molecular formula is C44H30. The van der Waals surface area contributed by atoms with E-state index in [1.54, 1.807) is 0 Å². The van der Waals surface area contributed by atoms with Gasteiger partial charge in [0.1, 0.15) is 0 Å². The van der Waals surface area contributed by atoms with Gasteiger partial charge in [0.2, 0.25) is 0 Å². The van der Waals surface area contributed by atoms with E-state index in [1.807, 2.05) is 133 Å². The Morgan fingerprint density at radius 1 is 0.295 bits per heavy atom. The fourth-order valence-electron chi connectivity index (χ4n) is 6.02. The Kier molecular flexibility index (Phi) is 4.94. The Morgan fingerprint density at radius 3 is 1.18 bits per heavy atom. The van der Waals surface area contributed by atoms with Crippen LogP contribution in [0.1, 0.15) is 9.60 Å². The predicted molar refractivity (Wildman–Crippen MR) is 189 cm³/mol. The molecule has 0 atom stereocenters. The van der Waals surface area contributed by atoms with Crippen LogP contribution in [0.4, 0.5) is 0 Å². The highest BCUT2D eigenvalue weighted by Gasteiger charge is 2.18. The molecule has 0 spiro atoms. The number of hydrogen-bond donors (Lipinski definition) is 0. The van der Waals surface area contributed by atoms with E-state index in [2.05, 4.69) is 6.07 Å². The van der Waals surface area contributed by atoms with Gasteiger partial charge >= 0.3 is 0 Å². The number of hydrogen-bond acceptors (Lipinski definition) is 0. The second kappa shape index (κ2) is 11.2. The second-order valence-corrected chi connectivity index (χ2v) is 10.8. The van der Waals surface area contributed by atoms with E-state index in [-0.39, 0.29) is 58.6 Å². The molecule has 0 N–H and O–H groups in total. The Morgan fingerprint density at radius 2 is 0.682 bits per heavy atom. The molecule has 0 bridgehead atoms. The summed E-state index contributed by atoms with van der Waals surface area (Å²) >= 11 is 0. The van der Waals surface area contributed by atoms with Crippen molar-refractivity contribution >= 4 is 21.5 Å². The van der Waals surface area contributed by atoms with Crippen LogP contribution in [-0.2, 0) is 0 Å². The maximum atomic E-state index is 9.90. The highest BCUT2D eigenvalue weighted by Crippen LogP contribution is 2.46. The van der Waals surface area contributed by atoms with E-state index in [0.717, 1.165) is 22.3 Å². The molecule has 0 amide bonds. The molecule has 44 heavy (non-hydrogen) atoms. The van der Waals surface area contributed by atoms with Crippen molar-refractivity contribution in [3.63, 3.8) is 0 Å². The van der Waals surface area contributed by atoms with Crippen molar-refractivity contribution in [3.05, 3.63) is 182 Å². The Labute approximate surface area is 268 Å². The molecule has 0 aliphatic carbocycles. The maximum absolute atomic E-state index is 9.90. The van der Waals surface area contributed by atoms with Gasteiger partial charge in [0.15, 0.2) is 0 Å². The van der Waals surface area contributed by atoms with Gasteiger partial charge in [0, 0.05) is 0 Å². The van der Waals surface area contributed by atoms with E-state index in [0.29, 0.717) is 38.6 Å². The number of fused-ring (bicyclic) bond motifs is 2. The molecule has 0 aliphatic rings. The molecule has 0 unspecified atom stereocenters. The van der Waals surface area contributed by atoms with Crippen LogP contribution in [0.25, 0.3) is 77.2 Å². The molecule has 0 fully saturated rings. The topological polar surface area (TPSA) is 0 Å². The van der Waals surface area contributed by atoms with E-state index in [4.69, 9.17) is 2.74 Å². The first-order valence-corrected chi connectivity index (χ1v) is 14.6. The largest absolute Gasteiger partial charge is 0.0636 e. The van der Waals surface area contributed by atoms with Gasteiger partial charge in [0.05, 0.1) is 9.60 Å². The molecule has 0 aromatic heterocycles. The Bertz CT molecular complexity index is 2560. The van der Waals surface area contributed by atoms with Crippen molar-refractivity contribution in [2.45, 2.75) is 0 Å². The van der Waals surface area contributed by atoms with Crippen LogP contribution in [0.3, 0.4) is 0 Å². The fraction of sp³-hybridized carbons (Fsp3) is 0. The van der Waals surface area contributed by atoms with E-state index in [9.17, 15) is 6.85 Å². The van der Waals surface area contributed by atoms with E-state index in [1.165, 1.54) is 0 Å². The SMILES string of the molecule is [2H]c1c([2H])c([2H])c2c(-c3cc(-c4ccccc4)cc(-c4ccccc4)c3)c3c([2H])c(-c4ccccc4)c([2H])c([2H])c3c(-c3ccccc3)c2c1[2H]. The molecule has 0 saturated carbocycles. The fourth-order valence-corrected chi connectivity index (χ4v) is 6.02. The van der Waals surface area contributed by atoms with Crippen LogP contribution in [-0.4, -0.2) is 0 Å². The van der Waals surface area contributed by atoms with Crippen LogP contribution >= 0.6 is 0 Å². The summed E-state index contributed by atoms with van der Waals surface area (Å²) in [6.07, 6.45) is 0. The average Bonchev–Trinajstić information content (AvgIpc) is 3.18. The lowest BCUT2D eigenvalue weighted by atomic mass is 9.83. The molecule has 0 saturated heterocycles. The summed E-state index contributed by atoms with van der Waals surface area (Å²) in [5, 5.41) is 1.17. The molecule has 0 heterocycles. The molecular weight excluding hydrogens is 528 g/mol. The average molecular weight is 566 g/mol.